The number of thiazole rings is 1. The lowest BCUT2D eigenvalue weighted by Gasteiger charge is -2.18. The number of anilines is 1. The molecular weight excluding hydrogens is 445 g/mol. The molecule has 1 aliphatic rings. The number of halogens is 1. The molecule has 0 unspecified atom stereocenters. The molecular formula is C18H24IN5S. The van der Waals surface area contributed by atoms with Crippen molar-refractivity contribution in [2.24, 2.45) is 4.99 Å². The third-order valence-corrected chi connectivity index (χ3v) is 4.79. The van der Waals surface area contributed by atoms with Crippen LogP contribution < -0.4 is 15.5 Å². The van der Waals surface area contributed by atoms with Gasteiger partial charge in [0.2, 0.25) is 0 Å². The van der Waals surface area contributed by atoms with Crippen molar-refractivity contribution in [2.45, 2.75) is 20.0 Å². The predicted molar refractivity (Wildman–Crippen MR) is 117 cm³/mol. The number of benzene rings is 1. The summed E-state index contributed by atoms with van der Waals surface area (Å²) in [5.41, 5.74) is 2.50. The fourth-order valence-corrected chi connectivity index (χ4v) is 3.29. The summed E-state index contributed by atoms with van der Waals surface area (Å²) in [6.45, 7) is 5.51. The van der Waals surface area contributed by atoms with Crippen molar-refractivity contribution in [3.63, 3.8) is 0 Å². The Labute approximate surface area is 170 Å². The molecule has 0 fully saturated rings. The van der Waals surface area contributed by atoms with Crippen LogP contribution in [0.2, 0.25) is 0 Å². The first kappa shape index (κ1) is 19.7. The quantitative estimate of drug-likeness (QED) is 0.306. The second-order valence-electron chi connectivity index (χ2n) is 5.69. The summed E-state index contributed by atoms with van der Waals surface area (Å²) in [5, 5.41) is 7.71. The zero-order valence-electron chi connectivity index (χ0n) is 14.5. The molecule has 2 N–H and O–H groups in total. The van der Waals surface area contributed by atoms with Crippen molar-refractivity contribution in [3.05, 3.63) is 58.1 Å². The van der Waals surface area contributed by atoms with Gasteiger partial charge in [-0.15, -0.1) is 35.3 Å². The monoisotopic (exact) mass is 469 g/mol. The molecule has 0 saturated carbocycles. The summed E-state index contributed by atoms with van der Waals surface area (Å²) in [6.07, 6.45) is 6.31. The number of guanidine groups is 1. The van der Waals surface area contributed by atoms with E-state index in [9.17, 15) is 0 Å². The van der Waals surface area contributed by atoms with E-state index in [1.807, 2.05) is 6.20 Å². The minimum absolute atomic E-state index is 0. The number of aliphatic imine (C=N–C) groups is 1. The van der Waals surface area contributed by atoms with Gasteiger partial charge >= 0.3 is 0 Å². The summed E-state index contributed by atoms with van der Waals surface area (Å²) < 4.78 is 0. The van der Waals surface area contributed by atoms with Crippen LogP contribution in [0.1, 0.15) is 15.4 Å². The molecule has 0 radical (unpaired) electrons. The van der Waals surface area contributed by atoms with Crippen LogP contribution in [-0.2, 0) is 13.1 Å². The molecule has 1 aromatic heterocycles. The third-order valence-electron chi connectivity index (χ3n) is 3.88. The molecule has 3 rings (SSSR count). The second kappa shape index (κ2) is 9.76. The lowest BCUT2D eigenvalue weighted by atomic mass is 10.2. The highest BCUT2D eigenvalue weighted by Crippen LogP contribution is 2.17. The van der Waals surface area contributed by atoms with E-state index in [0.717, 1.165) is 30.6 Å². The van der Waals surface area contributed by atoms with Gasteiger partial charge in [0, 0.05) is 43.4 Å². The summed E-state index contributed by atoms with van der Waals surface area (Å²) in [7, 11) is 1.78. The Morgan fingerprint density at radius 2 is 1.84 bits per heavy atom. The summed E-state index contributed by atoms with van der Waals surface area (Å²) in [4.78, 5) is 12.2. The van der Waals surface area contributed by atoms with E-state index in [1.54, 1.807) is 18.4 Å². The minimum Gasteiger partial charge on any atom is -0.364 e. The Morgan fingerprint density at radius 3 is 2.44 bits per heavy atom. The van der Waals surface area contributed by atoms with Crippen molar-refractivity contribution in [1.82, 2.24) is 15.6 Å². The molecule has 0 saturated heterocycles. The Bertz CT molecular complexity index is 715. The summed E-state index contributed by atoms with van der Waals surface area (Å²) >= 11 is 1.70. The van der Waals surface area contributed by atoms with E-state index in [1.165, 1.54) is 16.1 Å². The number of hydrogen-bond donors (Lipinski definition) is 2. The van der Waals surface area contributed by atoms with Gasteiger partial charge in [-0.2, -0.15) is 0 Å². The lowest BCUT2D eigenvalue weighted by Crippen LogP contribution is -2.36. The van der Waals surface area contributed by atoms with E-state index in [2.05, 4.69) is 68.9 Å². The lowest BCUT2D eigenvalue weighted by molar-refractivity contribution is 0.805. The van der Waals surface area contributed by atoms with Gasteiger partial charge in [0.05, 0.1) is 6.54 Å². The smallest absolute Gasteiger partial charge is 0.191 e. The van der Waals surface area contributed by atoms with E-state index in [4.69, 9.17) is 0 Å². The van der Waals surface area contributed by atoms with Gasteiger partial charge in [-0.1, -0.05) is 24.3 Å². The molecule has 1 aliphatic heterocycles. The highest BCUT2D eigenvalue weighted by molar-refractivity contribution is 14.0. The average Bonchev–Trinajstić information content (AvgIpc) is 3.27. The normalized spacial score (nSPS) is 13.7. The van der Waals surface area contributed by atoms with Crippen molar-refractivity contribution < 1.29 is 0 Å². The standard InChI is InChI=1S/C18H23N5S.HI/c1-14-11-20-17(24-14)13-22-18(19-2)21-12-15-5-7-16(8-6-15)23-9-3-4-10-23;/h3-8,11H,9-10,12-13H2,1-2H3,(H2,19,21,22);1H. The van der Waals surface area contributed by atoms with Crippen LogP contribution in [0.15, 0.2) is 47.6 Å². The number of nitrogens with zero attached hydrogens (tertiary/aromatic N) is 3. The number of hydrogen-bond acceptors (Lipinski definition) is 4. The highest BCUT2D eigenvalue weighted by atomic mass is 127. The van der Waals surface area contributed by atoms with Crippen molar-refractivity contribution in [3.8, 4) is 0 Å². The molecule has 0 spiro atoms. The van der Waals surface area contributed by atoms with Crippen LogP contribution in [0.5, 0.6) is 0 Å². The Kier molecular flexibility index (Phi) is 7.70. The van der Waals surface area contributed by atoms with Gasteiger partial charge < -0.3 is 15.5 Å². The third kappa shape index (κ3) is 5.71. The van der Waals surface area contributed by atoms with Crippen molar-refractivity contribution in [1.29, 1.82) is 0 Å². The van der Waals surface area contributed by atoms with Gasteiger partial charge in [-0.3, -0.25) is 4.99 Å². The minimum atomic E-state index is 0. The average molecular weight is 469 g/mol. The molecule has 1 aromatic carbocycles. The van der Waals surface area contributed by atoms with Gasteiger partial charge in [-0.25, -0.2) is 4.98 Å². The largest absolute Gasteiger partial charge is 0.364 e. The zero-order chi connectivity index (χ0) is 16.8. The Balaban J connectivity index is 0.00000225. The van der Waals surface area contributed by atoms with E-state index in [-0.39, 0.29) is 24.0 Å². The fraction of sp³-hybridized carbons (Fsp3) is 0.333. The summed E-state index contributed by atoms with van der Waals surface area (Å²) in [6, 6.07) is 8.69. The molecule has 134 valence electrons. The number of nitrogens with one attached hydrogen (secondary N) is 2. The van der Waals surface area contributed by atoms with Gasteiger partial charge in [-0.05, 0) is 24.6 Å². The number of aromatic nitrogens is 1. The first-order valence-electron chi connectivity index (χ1n) is 8.09. The van der Waals surface area contributed by atoms with E-state index >= 15 is 0 Å². The Morgan fingerprint density at radius 1 is 1.16 bits per heavy atom. The Hall–Kier alpha value is -1.61. The van der Waals surface area contributed by atoms with Crippen LogP contribution in [0.4, 0.5) is 5.69 Å². The SMILES string of the molecule is CN=C(NCc1ccc(N2CC=CC2)cc1)NCc1ncc(C)s1.I. The molecule has 0 atom stereocenters. The molecule has 0 amide bonds. The first-order valence-corrected chi connectivity index (χ1v) is 8.91. The van der Waals surface area contributed by atoms with Crippen LogP contribution in [0.3, 0.4) is 0 Å². The highest BCUT2D eigenvalue weighted by Gasteiger charge is 2.07. The molecule has 2 aromatic rings. The molecule has 7 heteroatoms. The van der Waals surface area contributed by atoms with Crippen LogP contribution in [0.25, 0.3) is 0 Å². The van der Waals surface area contributed by atoms with Gasteiger partial charge in [0.25, 0.3) is 0 Å². The maximum atomic E-state index is 4.35. The van der Waals surface area contributed by atoms with Crippen LogP contribution >= 0.6 is 35.3 Å². The molecule has 2 heterocycles. The van der Waals surface area contributed by atoms with Crippen LogP contribution in [0, 0.1) is 6.92 Å². The topological polar surface area (TPSA) is 52.6 Å². The fourth-order valence-electron chi connectivity index (χ4n) is 2.56. The maximum absolute atomic E-state index is 4.35. The zero-order valence-corrected chi connectivity index (χ0v) is 17.7. The number of rotatable bonds is 5. The summed E-state index contributed by atoms with van der Waals surface area (Å²) in [5.74, 6) is 0.788. The van der Waals surface area contributed by atoms with Crippen molar-refractivity contribution in [2.75, 3.05) is 25.0 Å². The van der Waals surface area contributed by atoms with E-state index in [0.29, 0.717) is 6.54 Å². The van der Waals surface area contributed by atoms with Crippen molar-refractivity contribution >= 4 is 47.0 Å². The second-order valence-corrected chi connectivity index (χ2v) is 7.01. The molecule has 5 nitrogen and oxygen atoms in total. The van der Waals surface area contributed by atoms with Gasteiger partial charge in [0.15, 0.2) is 5.96 Å². The van der Waals surface area contributed by atoms with Crippen LogP contribution in [-0.4, -0.2) is 31.1 Å². The first-order chi connectivity index (χ1) is 11.7. The molecule has 0 bridgehead atoms. The molecule has 0 aliphatic carbocycles. The van der Waals surface area contributed by atoms with Gasteiger partial charge in [0.1, 0.15) is 5.01 Å². The van der Waals surface area contributed by atoms with E-state index < -0.39 is 0 Å². The maximum Gasteiger partial charge on any atom is 0.191 e. The molecule has 25 heavy (non-hydrogen) atoms. The predicted octanol–water partition coefficient (Wildman–Crippen LogP) is 3.31. The number of aryl methyl sites for hydroxylation is 1.